The minimum Gasteiger partial charge on any atom is -0.462 e. The Kier molecular flexibility index (Phi) is 11.6. The van der Waals surface area contributed by atoms with Crippen molar-refractivity contribution in [3.8, 4) is 0 Å². The Labute approximate surface area is 215 Å². The van der Waals surface area contributed by atoms with Gasteiger partial charge in [0.1, 0.15) is 13.2 Å². The molecule has 1 unspecified atom stereocenters. The third-order valence-corrected chi connectivity index (χ3v) is 6.24. The first kappa shape index (κ1) is 29.1. The van der Waals surface area contributed by atoms with Crippen LogP contribution in [-0.4, -0.2) is 35.9 Å². The summed E-state index contributed by atoms with van der Waals surface area (Å²) in [5.74, 6) is -1.59. The number of benzene rings is 2. The number of hydrogen-bond acceptors (Lipinski definition) is 5. The highest BCUT2D eigenvalue weighted by Crippen LogP contribution is 2.21. The predicted molar refractivity (Wildman–Crippen MR) is 144 cm³/mol. The fraction of sp³-hybridized carbons (Fsp3) is 0.419. The van der Waals surface area contributed by atoms with Crippen LogP contribution in [0.25, 0.3) is 0 Å². The summed E-state index contributed by atoms with van der Waals surface area (Å²) in [7, 11) is 0. The van der Waals surface area contributed by atoms with Crippen LogP contribution < -0.4 is 0 Å². The Balaban J connectivity index is 1.98. The molecule has 194 valence electrons. The minimum absolute atomic E-state index is 0.0116. The van der Waals surface area contributed by atoms with Crippen molar-refractivity contribution in [3.63, 3.8) is 0 Å². The summed E-state index contributed by atoms with van der Waals surface area (Å²) in [5, 5.41) is 9.99. The summed E-state index contributed by atoms with van der Waals surface area (Å²) in [6, 6.07) is 16.9. The van der Waals surface area contributed by atoms with Crippen LogP contribution in [-0.2, 0) is 38.3 Å². The predicted octanol–water partition coefficient (Wildman–Crippen LogP) is 5.89. The Morgan fingerprint density at radius 1 is 0.889 bits per heavy atom. The van der Waals surface area contributed by atoms with Crippen molar-refractivity contribution in [2.75, 3.05) is 13.2 Å². The van der Waals surface area contributed by atoms with E-state index in [2.05, 4.69) is 44.3 Å². The molecule has 0 fully saturated rings. The zero-order valence-corrected chi connectivity index (χ0v) is 21.9. The van der Waals surface area contributed by atoms with Gasteiger partial charge in [-0.25, -0.2) is 9.59 Å². The van der Waals surface area contributed by atoms with Crippen LogP contribution in [0.15, 0.2) is 73.3 Å². The third-order valence-electron chi connectivity index (χ3n) is 6.24. The Morgan fingerprint density at radius 3 is 1.89 bits per heavy atom. The molecule has 0 spiro atoms. The molecule has 0 aliphatic carbocycles. The second-order valence-electron chi connectivity index (χ2n) is 9.68. The molecular formula is C31H40O5. The van der Waals surface area contributed by atoms with E-state index in [1.807, 2.05) is 24.3 Å². The van der Waals surface area contributed by atoms with E-state index in [1.165, 1.54) is 49.8 Å². The van der Waals surface area contributed by atoms with E-state index < -0.39 is 17.5 Å². The molecule has 0 saturated heterocycles. The summed E-state index contributed by atoms with van der Waals surface area (Å²) in [4.78, 5) is 23.9. The van der Waals surface area contributed by atoms with Gasteiger partial charge >= 0.3 is 11.9 Å². The molecule has 0 aliphatic heterocycles. The molecule has 36 heavy (non-hydrogen) atoms. The fourth-order valence-corrected chi connectivity index (χ4v) is 3.69. The smallest absolute Gasteiger partial charge is 0.336 e. The van der Waals surface area contributed by atoms with Crippen LogP contribution in [0.1, 0.15) is 68.2 Å². The number of aliphatic hydroxyl groups is 1. The molecule has 5 nitrogen and oxygen atoms in total. The second kappa shape index (κ2) is 14.4. The first-order valence-corrected chi connectivity index (χ1v) is 12.7. The quantitative estimate of drug-likeness (QED) is 0.191. The lowest BCUT2D eigenvalue weighted by molar-refractivity contribution is -0.143. The highest BCUT2D eigenvalue weighted by atomic mass is 16.5. The lowest BCUT2D eigenvalue weighted by atomic mass is 9.96. The van der Waals surface area contributed by atoms with Gasteiger partial charge in [0.15, 0.2) is 0 Å². The van der Waals surface area contributed by atoms with Crippen molar-refractivity contribution in [1.29, 1.82) is 0 Å². The molecule has 0 bridgehead atoms. The molecule has 0 radical (unpaired) electrons. The zero-order valence-electron chi connectivity index (χ0n) is 21.9. The standard InChI is InChI=1S/C31H40O5/c1-6-8-9-10-24-11-13-25(14-12-24)15-16-26-17-19-27(20-18-26)28(21-35-29(32)7-2)22-36-30(33)23(3)31(4,5)34/h7,11-14,17-20,28,34H,2-3,6,8-10,15-16,21-22H2,1,4-5H3. The summed E-state index contributed by atoms with van der Waals surface area (Å²) in [6.45, 7) is 12.2. The van der Waals surface area contributed by atoms with E-state index in [1.54, 1.807) is 0 Å². The first-order chi connectivity index (χ1) is 17.1. The van der Waals surface area contributed by atoms with Crippen LogP contribution >= 0.6 is 0 Å². The van der Waals surface area contributed by atoms with Gasteiger partial charge in [0.2, 0.25) is 0 Å². The molecule has 1 atom stereocenters. The van der Waals surface area contributed by atoms with Gasteiger partial charge in [0.05, 0.1) is 17.1 Å². The number of hydrogen-bond donors (Lipinski definition) is 1. The number of esters is 2. The van der Waals surface area contributed by atoms with Crippen molar-refractivity contribution in [1.82, 2.24) is 0 Å². The summed E-state index contributed by atoms with van der Waals surface area (Å²) >= 11 is 0. The Hall–Kier alpha value is -3.18. The lowest BCUT2D eigenvalue weighted by Gasteiger charge is -2.21. The molecule has 0 heterocycles. The van der Waals surface area contributed by atoms with Crippen LogP contribution in [0, 0.1) is 0 Å². The summed E-state index contributed by atoms with van der Waals surface area (Å²) < 4.78 is 10.6. The number of rotatable bonds is 15. The van der Waals surface area contributed by atoms with Crippen molar-refractivity contribution in [3.05, 3.63) is 95.6 Å². The number of carbonyl (C=O) groups is 2. The van der Waals surface area contributed by atoms with E-state index in [9.17, 15) is 14.7 Å². The number of ether oxygens (including phenoxy) is 2. The molecular weight excluding hydrogens is 452 g/mol. The average Bonchev–Trinajstić information content (AvgIpc) is 2.87. The SMILES string of the molecule is C=CC(=O)OCC(COC(=O)C(=C)C(C)(C)O)c1ccc(CCc2ccc(CCCCC)cc2)cc1. The van der Waals surface area contributed by atoms with Crippen LogP contribution in [0.3, 0.4) is 0 Å². The van der Waals surface area contributed by atoms with E-state index in [0.717, 1.165) is 30.9 Å². The summed E-state index contributed by atoms with van der Waals surface area (Å²) in [5.41, 5.74) is 3.37. The van der Waals surface area contributed by atoms with E-state index in [0.29, 0.717) is 0 Å². The summed E-state index contributed by atoms with van der Waals surface area (Å²) in [6.07, 6.45) is 7.84. The van der Waals surface area contributed by atoms with Gasteiger partial charge in [0, 0.05) is 6.08 Å². The van der Waals surface area contributed by atoms with Crippen molar-refractivity contribution in [2.45, 2.75) is 70.8 Å². The van der Waals surface area contributed by atoms with Gasteiger partial charge in [-0.15, -0.1) is 0 Å². The fourth-order valence-electron chi connectivity index (χ4n) is 3.69. The van der Waals surface area contributed by atoms with E-state index >= 15 is 0 Å². The molecule has 0 amide bonds. The van der Waals surface area contributed by atoms with Crippen LogP contribution in [0.2, 0.25) is 0 Å². The van der Waals surface area contributed by atoms with Gasteiger partial charge < -0.3 is 14.6 Å². The van der Waals surface area contributed by atoms with Crippen molar-refractivity contribution in [2.24, 2.45) is 0 Å². The lowest BCUT2D eigenvalue weighted by Crippen LogP contribution is -2.29. The molecule has 0 aliphatic rings. The van der Waals surface area contributed by atoms with Gasteiger partial charge in [-0.1, -0.05) is 81.5 Å². The average molecular weight is 493 g/mol. The monoisotopic (exact) mass is 492 g/mol. The first-order valence-electron chi connectivity index (χ1n) is 12.7. The highest BCUT2D eigenvalue weighted by Gasteiger charge is 2.26. The zero-order chi connectivity index (χ0) is 26.6. The third kappa shape index (κ3) is 9.82. The second-order valence-corrected chi connectivity index (χ2v) is 9.68. The largest absolute Gasteiger partial charge is 0.462 e. The van der Waals surface area contributed by atoms with Gasteiger partial charge in [0.25, 0.3) is 0 Å². The van der Waals surface area contributed by atoms with Gasteiger partial charge in [-0.2, -0.15) is 0 Å². The van der Waals surface area contributed by atoms with Crippen LogP contribution in [0.5, 0.6) is 0 Å². The molecule has 0 aromatic heterocycles. The Morgan fingerprint density at radius 2 is 1.39 bits per heavy atom. The molecule has 2 aromatic rings. The maximum Gasteiger partial charge on any atom is 0.336 e. The van der Waals surface area contributed by atoms with Crippen molar-refractivity contribution < 1.29 is 24.2 Å². The van der Waals surface area contributed by atoms with Gasteiger partial charge in [-0.3, -0.25) is 0 Å². The van der Waals surface area contributed by atoms with Crippen molar-refractivity contribution >= 4 is 11.9 Å². The molecule has 2 aromatic carbocycles. The van der Waals surface area contributed by atoms with E-state index in [-0.39, 0.29) is 24.7 Å². The maximum absolute atomic E-state index is 12.3. The molecule has 1 N–H and O–H groups in total. The maximum atomic E-state index is 12.3. The Bertz CT molecular complexity index is 997. The number of carbonyl (C=O) groups excluding carboxylic acids is 2. The number of unbranched alkanes of at least 4 members (excludes halogenated alkanes) is 2. The minimum atomic E-state index is -1.38. The highest BCUT2D eigenvalue weighted by molar-refractivity contribution is 5.89. The normalized spacial score (nSPS) is 12.0. The van der Waals surface area contributed by atoms with Gasteiger partial charge in [-0.05, 0) is 61.8 Å². The molecule has 5 heteroatoms. The topological polar surface area (TPSA) is 72.8 Å². The van der Waals surface area contributed by atoms with E-state index in [4.69, 9.17) is 9.47 Å². The molecule has 0 saturated carbocycles. The molecule has 2 rings (SSSR count). The van der Waals surface area contributed by atoms with Crippen LogP contribution in [0.4, 0.5) is 0 Å². The number of aryl methyl sites for hydroxylation is 3.